The number of phenols is 1. The number of aromatic nitrogens is 2. The summed E-state index contributed by atoms with van der Waals surface area (Å²) in [5, 5.41) is 18.5. The molecule has 0 bridgehead atoms. The zero-order valence-corrected chi connectivity index (χ0v) is 9.10. The molecule has 0 spiro atoms. The van der Waals surface area contributed by atoms with Crippen LogP contribution >= 0.6 is 0 Å². The van der Waals surface area contributed by atoms with Crippen LogP contribution in [0.4, 0.5) is 5.82 Å². The highest BCUT2D eigenvalue weighted by molar-refractivity contribution is 6.05. The molecule has 0 aliphatic rings. The van der Waals surface area contributed by atoms with E-state index >= 15 is 0 Å². The number of rotatable bonds is 3. The van der Waals surface area contributed by atoms with Crippen LogP contribution in [0, 0.1) is 0 Å². The van der Waals surface area contributed by atoms with Gasteiger partial charge in [-0.25, -0.2) is 0 Å². The Balaban J connectivity index is 2.19. The van der Waals surface area contributed by atoms with Gasteiger partial charge in [0, 0.05) is 12.1 Å². The van der Waals surface area contributed by atoms with E-state index in [4.69, 9.17) is 4.74 Å². The zero-order chi connectivity index (χ0) is 12.3. The molecule has 0 unspecified atom stereocenters. The van der Waals surface area contributed by atoms with Crippen LogP contribution in [-0.4, -0.2) is 28.3 Å². The monoisotopic (exact) mass is 233 g/mol. The third-order valence-corrected chi connectivity index (χ3v) is 2.20. The zero-order valence-electron chi connectivity index (χ0n) is 9.10. The SMILES string of the molecule is COc1ccc(C(=O)Nc2ccn[nH]2)c(O)c1. The predicted molar refractivity (Wildman–Crippen MR) is 61.2 cm³/mol. The Labute approximate surface area is 97.2 Å². The molecule has 0 radical (unpaired) electrons. The minimum Gasteiger partial charge on any atom is -0.507 e. The number of hydrogen-bond acceptors (Lipinski definition) is 4. The highest BCUT2D eigenvalue weighted by Crippen LogP contribution is 2.23. The molecule has 2 rings (SSSR count). The van der Waals surface area contributed by atoms with Crippen molar-refractivity contribution in [1.82, 2.24) is 10.2 Å². The number of benzene rings is 1. The van der Waals surface area contributed by atoms with E-state index in [1.165, 1.54) is 25.4 Å². The van der Waals surface area contributed by atoms with Crippen LogP contribution in [0.1, 0.15) is 10.4 Å². The second-order valence-corrected chi connectivity index (χ2v) is 3.31. The molecule has 1 amide bonds. The highest BCUT2D eigenvalue weighted by atomic mass is 16.5. The molecule has 17 heavy (non-hydrogen) atoms. The Kier molecular flexibility index (Phi) is 2.95. The largest absolute Gasteiger partial charge is 0.507 e. The number of carbonyl (C=O) groups excluding carboxylic acids is 1. The molecule has 0 saturated heterocycles. The van der Waals surface area contributed by atoms with Crippen LogP contribution in [-0.2, 0) is 0 Å². The molecule has 1 aromatic heterocycles. The Morgan fingerprint density at radius 3 is 2.88 bits per heavy atom. The van der Waals surface area contributed by atoms with Gasteiger partial charge in [0.15, 0.2) is 0 Å². The number of methoxy groups -OCH3 is 1. The van der Waals surface area contributed by atoms with Crippen molar-refractivity contribution in [3.63, 3.8) is 0 Å². The molecule has 2 aromatic rings. The third kappa shape index (κ3) is 2.36. The molecule has 88 valence electrons. The lowest BCUT2D eigenvalue weighted by atomic mass is 10.2. The number of aromatic hydroxyl groups is 1. The number of nitrogens with zero attached hydrogens (tertiary/aromatic N) is 1. The Bertz CT molecular complexity index is 523. The molecule has 0 aliphatic heterocycles. The Morgan fingerprint density at radius 2 is 2.29 bits per heavy atom. The maximum atomic E-state index is 11.8. The summed E-state index contributed by atoms with van der Waals surface area (Å²) in [7, 11) is 1.49. The van der Waals surface area contributed by atoms with Gasteiger partial charge < -0.3 is 15.2 Å². The van der Waals surface area contributed by atoms with Crippen molar-refractivity contribution in [2.24, 2.45) is 0 Å². The van der Waals surface area contributed by atoms with E-state index in [1.54, 1.807) is 12.1 Å². The van der Waals surface area contributed by atoms with Crippen LogP contribution in [0.15, 0.2) is 30.5 Å². The Hall–Kier alpha value is -2.50. The lowest BCUT2D eigenvalue weighted by Gasteiger charge is -2.06. The van der Waals surface area contributed by atoms with E-state index in [0.717, 1.165) is 0 Å². The van der Waals surface area contributed by atoms with Gasteiger partial charge in [-0.3, -0.25) is 9.89 Å². The van der Waals surface area contributed by atoms with Crippen LogP contribution in [0.3, 0.4) is 0 Å². The van der Waals surface area contributed by atoms with Gasteiger partial charge in [0.2, 0.25) is 0 Å². The van der Waals surface area contributed by atoms with Crippen molar-refractivity contribution < 1.29 is 14.6 Å². The number of amides is 1. The molecular formula is C11H11N3O3. The number of H-pyrrole nitrogens is 1. The summed E-state index contributed by atoms with van der Waals surface area (Å²) >= 11 is 0. The summed E-state index contributed by atoms with van der Waals surface area (Å²) in [5.41, 5.74) is 0.167. The molecule has 1 heterocycles. The summed E-state index contributed by atoms with van der Waals surface area (Å²) in [4.78, 5) is 11.8. The molecule has 0 saturated carbocycles. The molecule has 6 heteroatoms. The van der Waals surface area contributed by atoms with Gasteiger partial charge in [-0.1, -0.05) is 0 Å². The normalized spacial score (nSPS) is 9.94. The van der Waals surface area contributed by atoms with Crippen molar-refractivity contribution in [3.05, 3.63) is 36.0 Å². The number of carbonyl (C=O) groups is 1. The van der Waals surface area contributed by atoms with E-state index in [1.807, 2.05) is 0 Å². The van der Waals surface area contributed by atoms with E-state index < -0.39 is 5.91 Å². The third-order valence-electron chi connectivity index (χ3n) is 2.20. The van der Waals surface area contributed by atoms with Crippen molar-refractivity contribution in [2.75, 3.05) is 12.4 Å². The van der Waals surface area contributed by atoms with Crippen molar-refractivity contribution in [2.45, 2.75) is 0 Å². The predicted octanol–water partition coefficient (Wildman–Crippen LogP) is 1.38. The maximum absolute atomic E-state index is 11.8. The fourth-order valence-electron chi connectivity index (χ4n) is 1.35. The first-order valence-electron chi connectivity index (χ1n) is 4.88. The van der Waals surface area contributed by atoms with E-state index in [9.17, 15) is 9.90 Å². The van der Waals surface area contributed by atoms with E-state index in [0.29, 0.717) is 11.6 Å². The van der Waals surface area contributed by atoms with E-state index in [-0.39, 0.29) is 11.3 Å². The Morgan fingerprint density at radius 1 is 1.47 bits per heavy atom. The van der Waals surface area contributed by atoms with Gasteiger partial charge in [-0.05, 0) is 12.1 Å². The standard InChI is InChI=1S/C11H11N3O3/c1-17-7-2-3-8(9(15)6-7)11(16)13-10-4-5-12-14-10/h2-6,15H,1H3,(H2,12,13,14,16). The first-order valence-corrected chi connectivity index (χ1v) is 4.88. The van der Waals surface area contributed by atoms with Gasteiger partial charge in [0.1, 0.15) is 17.3 Å². The number of anilines is 1. The summed E-state index contributed by atoms with van der Waals surface area (Å²) in [6.45, 7) is 0. The number of aromatic amines is 1. The fraction of sp³-hybridized carbons (Fsp3) is 0.0909. The molecule has 0 atom stereocenters. The molecule has 6 nitrogen and oxygen atoms in total. The summed E-state index contributed by atoms with van der Waals surface area (Å²) in [6, 6.07) is 6.07. The quantitative estimate of drug-likeness (QED) is 0.747. The summed E-state index contributed by atoms with van der Waals surface area (Å²) in [6.07, 6.45) is 1.52. The lowest BCUT2D eigenvalue weighted by molar-refractivity contribution is 0.102. The fourth-order valence-corrected chi connectivity index (χ4v) is 1.35. The summed E-state index contributed by atoms with van der Waals surface area (Å²) < 4.78 is 4.93. The van der Waals surface area contributed by atoms with Gasteiger partial charge in [0.25, 0.3) is 5.91 Å². The number of nitrogens with one attached hydrogen (secondary N) is 2. The molecule has 0 fully saturated rings. The second kappa shape index (κ2) is 4.56. The smallest absolute Gasteiger partial charge is 0.260 e. The van der Waals surface area contributed by atoms with Crippen LogP contribution in [0.2, 0.25) is 0 Å². The van der Waals surface area contributed by atoms with Gasteiger partial charge in [-0.15, -0.1) is 0 Å². The molecule has 3 N–H and O–H groups in total. The van der Waals surface area contributed by atoms with Crippen molar-refractivity contribution in [1.29, 1.82) is 0 Å². The summed E-state index contributed by atoms with van der Waals surface area (Å²) in [5.74, 6) is 0.390. The van der Waals surface area contributed by atoms with Crippen molar-refractivity contribution in [3.8, 4) is 11.5 Å². The first-order chi connectivity index (χ1) is 8.20. The van der Waals surface area contributed by atoms with E-state index in [2.05, 4.69) is 15.5 Å². The lowest BCUT2D eigenvalue weighted by Crippen LogP contribution is -2.12. The minimum atomic E-state index is -0.422. The van der Waals surface area contributed by atoms with Crippen LogP contribution in [0.5, 0.6) is 11.5 Å². The molecular weight excluding hydrogens is 222 g/mol. The maximum Gasteiger partial charge on any atom is 0.260 e. The van der Waals surface area contributed by atoms with Gasteiger partial charge in [-0.2, -0.15) is 5.10 Å². The molecule has 1 aromatic carbocycles. The average molecular weight is 233 g/mol. The average Bonchev–Trinajstić information content (AvgIpc) is 2.81. The topological polar surface area (TPSA) is 87.2 Å². The van der Waals surface area contributed by atoms with Crippen LogP contribution in [0.25, 0.3) is 0 Å². The number of phenolic OH excluding ortho intramolecular Hbond substituents is 1. The number of hydrogen-bond donors (Lipinski definition) is 3. The number of ether oxygens (including phenoxy) is 1. The van der Waals surface area contributed by atoms with Crippen LogP contribution < -0.4 is 10.1 Å². The minimum absolute atomic E-state index is 0.138. The second-order valence-electron chi connectivity index (χ2n) is 3.31. The first kappa shape index (κ1) is 11.0. The molecule has 0 aliphatic carbocycles. The highest BCUT2D eigenvalue weighted by Gasteiger charge is 2.12. The van der Waals surface area contributed by atoms with Crippen molar-refractivity contribution >= 4 is 11.7 Å². The van der Waals surface area contributed by atoms with Gasteiger partial charge in [0.05, 0.1) is 18.9 Å². The van der Waals surface area contributed by atoms with Gasteiger partial charge >= 0.3 is 0 Å².